The summed E-state index contributed by atoms with van der Waals surface area (Å²) >= 11 is 0. The van der Waals surface area contributed by atoms with Gasteiger partial charge in [0.05, 0.1) is 19.8 Å². The summed E-state index contributed by atoms with van der Waals surface area (Å²) < 4.78 is 4.97. The van der Waals surface area contributed by atoms with Gasteiger partial charge in [-0.25, -0.2) is 0 Å². The van der Waals surface area contributed by atoms with E-state index in [2.05, 4.69) is 0 Å². The number of hydrogen-bond donors (Lipinski definition) is 8. The van der Waals surface area contributed by atoms with E-state index in [1.165, 1.54) is 0 Å². The van der Waals surface area contributed by atoms with E-state index in [1.807, 2.05) is 0 Å². The molecular weight excluding hydrogens is 292 g/mol. The number of ether oxygens (including phenoxy) is 1. The zero-order valence-electron chi connectivity index (χ0n) is 11.0. The molecule has 1 rings (SSSR count). The molecule has 0 bridgehead atoms. The quantitative estimate of drug-likeness (QED) is 0.235. The molecule has 0 aromatic rings. The summed E-state index contributed by atoms with van der Waals surface area (Å²) in [5.41, 5.74) is -2.84. The first kappa shape index (κ1) is 18.4. The second-order valence-corrected chi connectivity index (χ2v) is 4.89. The number of carbonyl (C=O) groups is 1. The molecule has 124 valence electrons. The summed E-state index contributed by atoms with van der Waals surface area (Å²) in [7, 11) is 0. The Labute approximate surface area is 119 Å². The van der Waals surface area contributed by atoms with Crippen LogP contribution in [-0.2, 0) is 9.53 Å². The van der Waals surface area contributed by atoms with Crippen LogP contribution < -0.4 is 0 Å². The van der Waals surface area contributed by atoms with Crippen molar-refractivity contribution in [3.63, 3.8) is 0 Å². The van der Waals surface area contributed by atoms with Gasteiger partial charge in [-0.3, -0.25) is 4.79 Å². The largest absolute Gasteiger partial charge is 0.394 e. The van der Waals surface area contributed by atoms with Crippen LogP contribution in [-0.4, -0.2) is 109 Å². The summed E-state index contributed by atoms with van der Waals surface area (Å²) in [6.45, 7) is -3.12. The highest BCUT2D eigenvalue weighted by Gasteiger charge is 2.56. The van der Waals surface area contributed by atoms with Crippen molar-refractivity contribution < 1.29 is 50.4 Å². The van der Waals surface area contributed by atoms with Crippen molar-refractivity contribution in [3.05, 3.63) is 0 Å². The highest BCUT2D eigenvalue weighted by molar-refractivity contribution is 5.92. The molecule has 1 unspecified atom stereocenters. The standard InChI is InChI=1S/C11H20O10/c12-1-4(15)9(19)11(20,3-14)10-8(18)7(17)6(16)5(2-13)21-10/h4-8,10,12-18,20H,1-3H2/t4-,5+,6-,7-,8+,10?,11+/m0/s1. The van der Waals surface area contributed by atoms with Crippen molar-refractivity contribution in [1.29, 1.82) is 0 Å². The molecule has 8 N–H and O–H groups in total. The predicted molar refractivity (Wildman–Crippen MR) is 63.9 cm³/mol. The first-order valence-corrected chi connectivity index (χ1v) is 6.21. The zero-order chi connectivity index (χ0) is 16.4. The number of carbonyl (C=O) groups excluding carboxylic acids is 1. The fourth-order valence-electron chi connectivity index (χ4n) is 2.18. The maximum absolute atomic E-state index is 11.8. The molecule has 10 nitrogen and oxygen atoms in total. The smallest absolute Gasteiger partial charge is 0.200 e. The van der Waals surface area contributed by atoms with Gasteiger partial charge in [-0.15, -0.1) is 0 Å². The van der Waals surface area contributed by atoms with E-state index in [9.17, 15) is 35.4 Å². The average Bonchev–Trinajstić information content (AvgIpc) is 2.50. The lowest BCUT2D eigenvalue weighted by atomic mass is 9.81. The summed E-state index contributed by atoms with van der Waals surface area (Å²) in [5, 5.41) is 75.4. The molecule has 1 aliphatic heterocycles. The van der Waals surface area contributed by atoms with Crippen LogP contribution >= 0.6 is 0 Å². The molecule has 1 fully saturated rings. The summed E-state index contributed by atoms with van der Waals surface area (Å²) in [6.07, 6.45) is -10.9. The van der Waals surface area contributed by atoms with Crippen molar-refractivity contribution >= 4 is 5.78 Å². The fourth-order valence-corrected chi connectivity index (χ4v) is 2.18. The minimum absolute atomic E-state index is 0.792. The number of aliphatic hydroxyl groups is 8. The SMILES string of the molecule is O=C([C@@H](O)CO)[C@](O)(CO)C1O[C@H](CO)[C@H](O)[C@H](O)[C@H]1O. The first-order valence-electron chi connectivity index (χ1n) is 6.21. The number of ketones is 1. The molecule has 1 saturated heterocycles. The molecule has 1 aliphatic rings. The molecule has 7 atom stereocenters. The normalized spacial score (nSPS) is 37.8. The van der Waals surface area contributed by atoms with Gasteiger partial charge >= 0.3 is 0 Å². The predicted octanol–water partition coefficient (Wildman–Crippen LogP) is -5.53. The Morgan fingerprint density at radius 1 is 1.10 bits per heavy atom. The lowest BCUT2D eigenvalue weighted by Crippen LogP contribution is -2.69. The Balaban J connectivity index is 3.10. The van der Waals surface area contributed by atoms with Gasteiger partial charge in [-0.1, -0.05) is 0 Å². The monoisotopic (exact) mass is 312 g/mol. The molecule has 0 saturated carbocycles. The third-order valence-electron chi connectivity index (χ3n) is 3.51. The van der Waals surface area contributed by atoms with Gasteiger partial charge in [-0.05, 0) is 0 Å². The van der Waals surface area contributed by atoms with Crippen LogP contribution in [0.3, 0.4) is 0 Å². The van der Waals surface area contributed by atoms with Crippen LogP contribution in [0.4, 0.5) is 0 Å². The Morgan fingerprint density at radius 3 is 2.10 bits per heavy atom. The molecule has 0 aromatic carbocycles. The van der Waals surface area contributed by atoms with E-state index < -0.39 is 67.8 Å². The molecule has 0 spiro atoms. The Morgan fingerprint density at radius 2 is 1.67 bits per heavy atom. The third kappa shape index (κ3) is 3.23. The van der Waals surface area contributed by atoms with E-state index in [0.717, 1.165) is 0 Å². The second kappa shape index (κ2) is 7.05. The number of hydrogen-bond acceptors (Lipinski definition) is 10. The maximum atomic E-state index is 11.8. The van der Waals surface area contributed by atoms with Crippen LogP contribution in [0.2, 0.25) is 0 Å². The van der Waals surface area contributed by atoms with Gasteiger partial charge in [-0.2, -0.15) is 0 Å². The minimum atomic E-state index is -2.84. The van der Waals surface area contributed by atoms with E-state index in [0.29, 0.717) is 0 Å². The maximum Gasteiger partial charge on any atom is 0.200 e. The molecule has 0 amide bonds. The van der Waals surface area contributed by atoms with Gasteiger partial charge in [0.1, 0.15) is 36.6 Å². The topological polar surface area (TPSA) is 188 Å². The number of aliphatic hydroxyl groups excluding tert-OH is 7. The Kier molecular flexibility index (Phi) is 6.16. The van der Waals surface area contributed by atoms with Crippen LogP contribution in [0, 0.1) is 0 Å². The molecule has 21 heavy (non-hydrogen) atoms. The summed E-state index contributed by atoms with van der Waals surface area (Å²) in [4.78, 5) is 11.8. The summed E-state index contributed by atoms with van der Waals surface area (Å²) in [6, 6.07) is 0. The van der Waals surface area contributed by atoms with Gasteiger partial charge in [0.2, 0.25) is 0 Å². The first-order chi connectivity index (χ1) is 9.74. The van der Waals surface area contributed by atoms with Crippen molar-refractivity contribution in [3.8, 4) is 0 Å². The Hall–Kier alpha value is -0.690. The van der Waals surface area contributed by atoms with Crippen molar-refractivity contribution in [2.24, 2.45) is 0 Å². The Bertz CT molecular complexity index is 361. The molecule has 10 heteroatoms. The molecular formula is C11H20O10. The molecule has 0 aliphatic carbocycles. The van der Waals surface area contributed by atoms with Gasteiger partial charge < -0.3 is 45.6 Å². The van der Waals surface area contributed by atoms with E-state index >= 15 is 0 Å². The van der Waals surface area contributed by atoms with E-state index in [4.69, 9.17) is 14.9 Å². The van der Waals surface area contributed by atoms with E-state index in [1.54, 1.807) is 0 Å². The number of Topliss-reactive ketones (excluding diaryl/α,β-unsaturated/α-hetero) is 1. The summed E-state index contributed by atoms with van der Waals surface area (Å²) in [5.74, 6) is -1.43. The molecule has 0 radical (unpaired) electrons. The van der Waals surface area contributed by atoms with Crippen LogP contribution in [0.5, 0.6) is 0 Å². The van der Waals surface area contributed by atoms with Crippen LogP contribution in [0.25, 0.3) is 0 Å². The second-order valence-electron chi connectivity index (χ2n) is 4.89. The van der Waals surface area contributed by atoms with Crippen molar-refractivity contribution in [2.75, 3.05) is 19.8 Å². The highest BCUT2D eigenvalue weighted by Crippen LogP contribution is 2.29. The molecule has 1 heterocycles. The van der Waals surface area contributed by atoms with Crippen LogP contribution in [0.1, 0.15) is 0 Å². The lowest BCUT2D eigenvalue weighted by molar-refractivity contribution is -0.271. The minimum Gasteiger partial charge on any atom is -0.394 e. The number of rotatable bonds is 6. The van der Waals surface area contributed by atoms with Gasteiger partial charge in [0, 0.05) is 0 Å². The van der Waals surface area contributed by atoms with Crippen molar-refractivity contribution in [2.45, 2.75) is 42.2 Å². The lowest BCUT2D eigenvalue weighted by Gasteiger charge is -2.45. The highest BCUT2D eigenvalue weighted by atomic mass is 16.6. The zero-order valence-corrected chi connectivity index (χ0v) is 11.0. The van der Waals surface area contributed by atoms with Crippen LogP contribution in [0.15, 0.2) is 0 Å². The fraction of sp³-hybridized carbons (Fsp3) is 0.909. The third-order valence-corrected chi connectivity index (χ3v) is 3.51. The van der Waals surface area contributed by atoms with Gasteiger partial charge in [0.15, 0.2) is 11.4 Å². The van der Waals surface area contributed by atoms with Gasteiger partial charge in [0.25, 0.3) is 0 Å². The van der Waals surface area contributed by atoms with Crippen molar-refractivity contribution in [1.82, 2.24) is 0 Å². The van der Waals surface area contributed by atoms with E-state index in [-0.39, 0.29) is 0 Å². The molecule has 0 aromatic heterocycles. The average molecular weight is 312 g/mol.